The molecule has 0 bridgehead atoms. The molecule has 3 aromatic carbocycles. The third kappa shape index (κ3) is 11.6. The number of amides is 5. The number of carboxylic acids is 1. The number of aromatic nitrogens is 3. The van der Waals surface area contributed by atoms with Crippen molar-refractivity contribution in [2.75, 3.05) is 0 Å². The summed E-state index contributed by atoms with van der Waals surface area (Å²) in [5.74, 6) is -5.06. The molecule has 0 saturated heterocycles. The number of H-pyrrole nitrogens is 2. The summed E-state index contributed by atoms with van der Waals surface area (Å²) in [7, 11) is 0. The number of nitrogens with one attached hydrogen (secondary N) is 6. The Balaban J connectivity index is 1.39. The Labute approximate surface area is 322 Å². The highest BCUT2D eigenvalue weighted by atomic mass is 16.4. The summed E-state index contributed by atoms with van der Waals surface area (Å²) >= 11 is 0. The van der Waals surface area contributed by atoms with E-state index in [1.54, 1.807) is 36.5 Å². The van der Waals surface area contributed by atoms with Crippen LogP contribution >= 0.6 is 0 Å². The van der Waals surface area contributed by atoms with Gasteiger partial charge in [0, 0.05) is 54.7 Å². The maximum atomic E-state index is 14.2. The molecule has 0 aliphatic rings. The fraction of sp³-hybridized carbons (Fsp3) is 0.275. The average molecular weight is 764 g/mol. The minimum absolute atomic E-state index is 0.0291. The molecule has 16 heteroatoms. The summed E-state index contributed by atoms with van der Waals surface area (Å²) in [4.78, 5) is 89.4. The van der Waals surface area contributed by atoms with Gasteiger partial charge < -0.3 is 47.8 Å². The van der Waals surface area contributed by atoms with Gasteiger partial charge in [0.25, 0.3) is 0 Å². The first-order chi connectivity index (χ1) is 27.0. The van der Waals surface area contributed by atoms with Crippen LogP contribution in [0.5, 0.6) is 0 Å². The van der Waals surface area contributed by atoms with Crippen LogP contribution in [-0.2, 0) is 54.5 Å². The fourth-order valence-corrected chi connectivity index (χ4v) is 6.22. The van der Waals surface area contributed by atoms with E-state index in [1.807, 2.05) is 54.6 Å². The number of primary amides is 1. The molecule has 0 fully saturated rings. The molecule has 5 rings (SSSR count). The molecular formula is C40H45N9O7. The first kappa shape index (κ1) is 40.4. The highest BCUT2D eigenvalue weighted by molar-refractivity contribution is 5.96. The number of benzene rings is 3. The molecule has 5 aromatic rings. The van der Waals surface area contributed by atoms with Crippen molar-refractivity contribution in [3.8, 4) is 0 Å². The second-order valence-electron chi connectivity index (χ2n) is 13.4. The van der Waals surface area contributed by atoms with Crippen LogP contribution in [0.1, 0.15) is 35.2 Å². The number of nitrogens with two attached hydrogens (primary N) is 2. The van der Waals surface area contributed by atoms with Crippen molar-refractivity contribution in [3.63, 3.8) is 0 Å². The third-order valence-corrected chi connectivity index (χ3v) is 9.19. The molecule has 0 saturated carbocycles. The van der Waals surface area contributed by atoms with E-state index in [1.165, 1.54) is 12.5 Å². The molecule has 2 heterocycles. The summed E-state index contributed by atoms with van der Waals surface area (Å²) in [6, 6.07) is 18.8. The molecule has 2 aromatic heterocycles. The lowest BCUT2D eigenvalue weighted by Crippen LogP contribution is -2.59. The first-order valence-electron chi connectivity index (χ1n) is 18.0. The van der Waals surface area contributed by atoms with E-state index in [9.17, 15) is 33.9 Å². The van der Waals surface area contributed by atoms with Gasteiger partial charge in [-0.1, -0.05) is 78.9 Å². The molecule has 0 radical (unpaired) electrons. The normalized spacial score (nSPS) is 13.7. The maximum absolute atomic E-state index is 14.2. The molecule has 11 N–H and O–H groups in total. The van der Waals surface area contributed by atoms with Crippen molar-refractivity contribution in [2.24, 2.45) is 11.5 Å². The van der Waals surface area contributed by atoms with Gasteiger partial charge in [0.15, 0.2) is 0 Å². The number of nitrogens with zero attached hydrogens (tertiary/aromatic N) is 1. The lowest BCUT2D eigenvalue weighted by Gasteiger charge is -2.26. The molecular weight excluding hydrogens is 718 g/mol. The smallest absolute Gasteiger partial charge is 0.326 e. The summed E-state index contributed by atoms with van der Waals surface area (Å²) in [6.07, 6.45) is 4.13. The van der Waals surface area contributed by atoms with E-state index in [0.717, 1.165) is 16.5 Å². The number of hydrogen-bond donors (Lipinski definition) is 9. The Bertz CT molecular complexity index is 2110. The van der Waals surface area contributed by atoms with E-state index >= 15 is 0 Å². The zero-order chi connectivity index (χ0) is 40.0. The lowest BCUT2D eigenvalue weighted by atomic mass is 10.0. The summed E-state index contributed by atoms with van der Waals surface area (Å²) in [6.45, 7) is 0. The van der Waals surface area contributed by atoms with Crippen molar-refractivity contribution in [1.29, 1.82) is 0 Å². The number of aliphatic carboxylic acids is 1. The Morgan fingerprint density at radius 1 is 0.643 bits per heavy atom. The van der Waals surface area contributed by atoms with E-state index in [0.29, 0.717) is 16.8 Å². The van der Waals surface area contributed by atoms with Crippen LogP contribution in [0.15, 0.2) is 104 Å². The van der Waals surface area contributed by atoms with Crippen LogP contribution in [0.4, 0.5) is 0 Å². The van der Waals surface area contributed by atoms with Crippen molar-refractivity contribution < 1.29 is 33.9 Å². The largest absolute Gasteiger partial charge is 0.480 e. The Kier molecular flexibility index (Phi) is 14.1. The number of carbonyl (C=O) groups excluding carboxylic acids is 5. The van der Waals surface area contributed by atoms with Crippen molar-refractivity contribution in [1.82, 2.24) is 36.2 Å². The Morgan fingerprint density at radius 3 is 1.82 bits per heavy atom. The minimum atomic E-state index is -1.41. The Hall–Kier alpha value is -6.81. The van der Waals surface area contributed by atoms with Crippen LogP contribution in [0.3, 0.4) is 0 Å². The second-order valence-corrected chi connectivity index (χ2v) is 13.4. The van der Waals surface area contributed by atoms with Gasteiger partial charge in [-0.15, -0.1) is 0 Å². The number of carboxylic acid groups (broad SMARTS) is 1. The van der Waals surface area contributed by atoms with Crippen LogP contribution in [0.2, 0.25) is 0 Å². The van der Waals surface area contributed by atoms with Gasteiger partial charge in [0.2, 0.25) is 29.5 Å². The number of carbonyl (C=O) groups is 6. The Morgan fingerprint density at radius 2 is 1.20 bits per heavy atom. The third-order valence-electron chi connectivity index (χ3n) is 9.19. The van der Waals surface area contributed by atoms with Gasteiger partial charge in [-0.05, 0) is 35.6 Å². The number of imidazole rings is 1. The van der Waals surface area contributed by atoms with E-state index in [-0.39, 0.29) is 38.5 Å². The van der Waals surface area contributed by atoms with E-state index in [2.05, 4.69) is 36.2 Å². The molecule has 0 unspecified atom stereocenters. The van der Waals surface area contributed by atoms with Crippen LogP contribution in [0, 0.1) is 0 Å². The molecule has 5 atom stereocenters. The highest BCUT2D eigenvalue weighted by Gasteiger charge is 2.33. The second kappa shape index (κ2) is 19.5. The van der Waals surface area contributed by atoms with Crippen LogP contribution < -0.4 is 32.7 Å². The van der Waals surface area contributed by atoms with Gasteiger partial charge in [0.05, 0.1) is 12.4 Å². The standard InChI is InChI=1S/C40H45N9O7/c41-29(17-24-9-3-1-4-10-24)36(51)47-33(20-27-22-43-23-45-27)39(54)48-32(19-26-21-44-30-14-8-7-13-28(26)30)38(53)46-31(15-16-35(42)50)37(52)49-34(40(55)56)18-25-11-5-2-6-12-25/h1-14,21-23,29,31-34,44H,15-20,41H2,(H2,42,50)(H,43,45)(H,46,53)(H,47,51)(H,48,54)(H,49,52)(H,55,56)/t29-,31-,32-,33-,34-/m0/s1. The number of para-hydroxylation sites is 1. The molecule has 0 aliphatic heterocycles. The topological polar surface area (TPSA) is 267 Å². The van der Waals surface area contributed by atoms with Crippen LogP contribution in [0.25, 0.3) is 10.9 Å². The molecule has 0 aliphatic carbocycles. The number of fused-ring (bicyclic) bond motifs is 1. The van der Waals surface area contributed by atoms with Gasteiger partial charge in [0.1, 0.15) is 24.2 Å². The molecule has 292 valence electrons. The molecule has 5 amide bonds. The summed E-state index contributed by atoms with van der Waals surface area (Å²) in [5, 5.41) is 21.3. The lowest BCUT2D eigenvalue weighted by molar-refractivity contribution is -0.142. The predicted octanol–water partition coefficient (Wildman–Crippen LogP) is 0.778. The van der Waals surface area contributed by atoms with Gasteiger partial charge in [-0.3, -0.25) is 24.0 Å². The quantitative estimate of drug-likeness (QED) is 0.0541. The number of aromatic amines is 2. The zero-order valence-corrected chi connectivity index (χ0v) is 30.4. The SMILES string of the molecule is NC(=O)CC[C@H](NC(=O)[C@H](Cc1c[nH]c2ccccc12)NC(=O)[C@H](Cc1cnc[nH]1)NC(=O)[C@@H](N)Cc1ccccc1)C(=O)N[C@@H](Cc1ccccc1)C(=O)O. The van der Waals surface area contributed by atoms with Gasteiger partial charge in [-0.25, -0.2) is 9.78 Å². The summed E-state index contributed by atoms with van der Waals surface area (Å²) < 4.78 is 0. The highest BCUT2D eigenvalue weighted by Crippen LogP contribution is 2.20. The molecule has 56 heavy (non-hydrogen) atoms. The van der Waals surface area contributed by atoms with Gasteiger partial charge >= 0.3 is 5.97 Å². The van der Waals surface area contributed by atoms with Crippen molar-refractivity contribution in [2.45, 2.75) is 68.7 Å². The van der Waals surface area contributed by atoms with E-state index in [4.69, 9.17) is 11.5 Å². The number of rotatable bonds is 20. The maximum Gasteiger partial charge on any atom is 0.326 e. The number of hydrogen-bond acceptors (Lipinski definition) is 8. The summed E-state index contributed by atoms with van der Waals surface area (Å²) in [5.41, 5.74) is 15.1. The van der Waals surface area contributed by atoms with Gasteiger partial charge in [-0.2, -0.15) is 0 Å². The van der Waals surface area contributed by atoms with Crippen molar-refractivity contribution in [3.05, 3.63) is 126 Å². The van der Waals surface area contributed by atoms with Crippen LogP contribution in [-0.4, -0.2) is 85.8 Å². The molecule has 16 nitrogen and oxygen atoms in total. The molecule has 0 spiro atoms. The minimum Gasteiger partial charge on any atom is -0.480 e. The first-order valence-corrected chi connectivity index (χ1v) is 18.0. The van der Waals surface area contributed by atoms with E-state index < -0.39 is 65.7 Å². The zero-order valence-electron chi connectivity index (χ0n) is 30.4. The predicted molar refractivity (Wildman–Crippen MR) is 206 cm³/mol. The monoisotopic (exact) mass is 763 g/mol. The van der Waals surface area contributed by atoms with Crippen molar-refractivity contribution >= 4 is 46.4 Å². The average Bonchev–Trinajstić information content (AvgIpc) is 3.86. The fourth-order valence-electron chi connectivity index (χ4n) is 6.22.